The number of rotatable bonds is 4. The quantitative estimate of drug-likeness (QED) is 0.745. The molecule has 5 nitrogen and oxygen atoms in total. The fraction of sp³-hybridized carbons (Fsp3) is 0.200. The lowest BCUT2D eigenvalue weighted by atomic mass is 10.2. The number of aryl methyl sites for hydroxylation is 1. The van der Waals surface area contributed by atoms with Crippen LogP contribution in [-0.2, 0) is 26.1 Å². The van der Waals surface area contributed by atoms with Gasteiger partial charge in [0.25, 0.3) is 0 Å². The minimum absolute atomic E-state index is 0.136. The van der Waals surface area contributed by atoms with Gasteiger partial charge in [-0.25, -0.2) is 8.42 Å². The van der Waals surface area contributed by atoms with Crippen LogP contribution in [0, 0.1) is 6.92 Å². The molecule has 2 aromatic rings. The second-order valence-electron chi connectivity index (χ2n) is 5.23. The van der Waals surface area contributed by atoms with E-state index in [1.54, 1.807) is 0 Å². The molecule has 0 bridgehead atoms. The Kier molecular flexibility index (Phi) is 4.88. The number of alkyl halides is 3. The van der Waals surface area contributed by atoms with Crippen LogP contribution in [0.5, 0.6) is 5.75 Å². The van der Waals surface area contributed by atoms with Gasteiger partial charge in [-0.05, 0) is 36.8 Å². The topological polar surface area (TPSA) is 77.5 Å². The van der Waals surface area contributed by atoms with Gasteiger partial charge < -0.3 is 4.18 Å². The molecule has 0 radical (unpaired) electrons. The van der Waals surface area contributed by atoms with Crippen LogP contribution in [0.3, 0.4) is 0 Å². The van der Waals surface area contributed by atoms with Crippen LogP contribution < -0.4 is 4.18 Å². The molecule has 2 aromatic carbocycles. The van der Waals surface area contributed by atoms with Crippen molar-refractivity contribution in [3.63, 3.8) is 0 Å². The Bertz CT molecular complexity index is 1010. The first-order chi connectivity index (χ1) is 11.3. The summed E-state index contributed by atoms with van der Waals surface area (Å²) in [6.07, 6.45) is -3.93. The van der Waals surface area contributed by atoms with E-state index >= 15 is 0 Å². The van der Waals surface area contributed by atoms with E-state index in [0.717, 1.165) is 24.5 Å². The van der Waals surface area contributed by atoms with E-state index < -0.39 is 42.3 Å². The predicted octanol–water partition coefficient (Wildman–Crippen LogP) is 3.19. The van der Waals surface area contributed by atoms with Gasteiger partial charge >= 0.3 is 16.3 Å². The van der Waals surface area contributed by atoms with Crippen molar-refractivity contribution in [2.45, 2.75) is 22.9 Å². The van der Waals surface area contributed by atoms with Gasteiger partial charge in [0.2, 0.25) is 0 Å². The Morgan fingerprint density at radius 3 is 2.12 bits per heavy atom. The second kappa shape index (κ2) is 6.34. The molecule has 0 fully saturated rings. The van der Waals surface area contributed by atoms with Crippen molar-refractivity contribution in [2.24, 2.45) is 0 Å². The molecule has 0 saturated heterocycles. The lowest BCUT2D eigenvalue weighted by molar-refractivity contribution is -0.138. The summed E-state index contributed by atoms with van der Waals surface area (Å²) in [7, 11) is -8.38. The first kappa shape index (κ1) is 19.3. The van der Waals surface area contributed by atoms with Crippen LogP contribution >= 0.6 is 0 Å². The lowest BCUT2D eigenvalue weighted by Gasteiger charge is -2.14. The lowest BCUT2D eigenvalue weighted by Crippen LogP contribution is -2.15. The Morgan fingerprint density at radius 1 is 0.960 bits per heavy atom. The number of para-hydroxylation sites is 1. The molecule has 0 amide bonds. The van der Waals surface area contributed by atoms with Gasteiger partial charge in [0.15, 0.2) is 15.6 Å². The highest BCUT2D eigenvalue weighted by molar-refractivity contribution is 7.90. The number of halogens is 3. The average Bonchev–Trinajstić information content (AvgIpc) is 2.45. The van der Waals surface area contributed by atoms with Crippen molar-refractivity contribution in [3.05, 3.63) is 53.6 Å². The summed E-state index contributed by atoms with van der Waals surface area (Å²) in [6.45, 7) is 1.37. The van der Waals surface area contributed by atoms with Crippen molar-refractivity contribution in [1.82, 2.24) is 0 Å². The molecule has 0 aromatic heterocycles. The fourth-order valence-electron chi connectivity index (χ4n) is 2.02. The summed E-state index contributed by atoms with van der Waals surface area (Å²) < 4.78 is 91.5. The van der Waals surface area contributed by atoms with Gasteiger partial charge in [-0.15, -0.1) is 0 Å². The van der Waals surface area contributed by atoms with Gasteiger partial charge in [-0.3, -0.25) is 0 Å². The third-order valence-electron chi connectivity index (χ3n) is 3.25. The molecule has 10 heteroatoms. The fourth-order valence-corrected chi connectivity index (χ4v) is 3.94. The van der Waals surface area contributed by atoms with Gasteiger partial charge in [-0.1, -0.05) is 18.2 Å². The highest BCUT2D eigenvalue weighted by Gasteiger charge is 2.35. The zero-order valence-corrected chi connectivity index (χ0v) is 14.7. The SMILES string of the molecule is Cc1ccc(S(C)(=O)=O)cc1S(=O)(=O)Oc1ccccc1C(F)(F)F. The van der Waals surface area contributed by atoms with Crippen LogP contribution in [-0.4, -0.2) is 23.1 Å². The highest BCUT2D eigenvalue weighted by atomic mass is 32.2. The summed E-state index contributed by atoms with van der Waals surface area (Å²) in [6, 6.07) is 7.14. The Morgan fingerprint density at radius 2 is 1.56 bits per heavy atom. The molecule has 2 rings (SSSR count). The second-order valence-corrected chi connectivity index (χ2v) is 8.76. The molecule has 0 aliphatic rings. The molecule has 0 N–H and O–H groups in total. The minimum Gasteiger partial charge on any atom is -0.378 e. The normalized spacial score (nSPS) is 12.8. The van der Waals surface area contributed by atoms with Gasteiger partial charge in [0.05, 0.1) is 10.5 Å². The highest BCUT2D eigenvalue weighted by Crippen LogP contribution is 2.37. The summed E-state index contributed by atoms with van der Waals surface area (Å²) in [5.41, 5.74) is -1.12. The molecule has 25 heavy (non-hydrogen) atoms. The molecule has 0 spiro atoms. The number of sulfone groups is 1. The average molecular weight is 394 g/mol. The molecule has 0 aliphatic carbocycles. The van der Waals surface area contributed by atoms with Crippen LogP contribution in [0.2, 0.25) is 0 Å². The van der Waals surface area contributed by atoms with Crippen molar-refractivity contribution in [3.8, 4) is 5.75 Å². The Balaban J connectivity index is 2.56. The molecule has 0 aliphatic heterocycles. The number of hydrogen-bond acceptors (Lipinski definition) is 5. The third-order valence-corrected chi connectivity index (χ3v) is 5.74. The summed E-state index contributed by atoms with van der Waals surface area (Å²) in [5.74, 6) is -0.890. The van der Waals surface area contributed by atoms with E-state index in [9.17, 15) is 30.0 Å². The van der Waals surface area contributed by atoms with Gasteiger partial charge in [-0.2, -0.15) is 21.6 Å². The number of benzene rings is 2. The molecule has 0 unspecified atom stereocenters. The smallest absolute Gasteiger partial charge is 0.378 e. The molecule has 0 atom stereocenters. The standard InChI is InChI=1S/C15H13F3O5S2/c1-10-7-8-11(24(2,19)20)9-14(10)25(21,22)23-13-6-4-3-5-12(13)15(16,17)18/h3-9H,1-2H3. The molecular weight excluding hydrogens is 381 g/mol. The van der Waals surface area contributed by atoms with Crippen molar-refractivity contribution < 1.29 is 34.2 Å². The zero-order valence-electron chi connectivity index (χ0n) is 13.0. The summed E-state index contributed by atoms with van der Waals surface area (Å²) in [5, 5.41) is 0. The molecular formula is C15H13F3O5S2. The first-order valence-electron chi connectivity index (χ1n) is 6.74. The maximum absolute atomic E-state index is 13.0. The molecule has 0 heterocycles. The maximum Gasteiger partial charge on any atom is 0.420 e. The summed E-state index contributed by atoms with van der Waals surface area (Å²) in [4.78, 5) is -0.809. The molecule has 0 saturated carbocycles. The predicted molar refractivity (Wildman–Crippen MR) is 83.5 cm³/mol. The van der Waals surface area contributed by atoms with E-state index in [0.29, 0.717) is 6.07 Å². The van der Waals surface area contributed by atoms with Crippen LogP contribution in [0.15, 0.2) is 52.3 Å². The largest absolute Gasteiger partial charge is 0.420 e. The van der Waals surface area contributed by atoms with E-state index in [2.05, 4.69) is 4.18 Å². The number of hydrogen-bond donors (Lipinski definition) is 0. The minimum atomic E-state index is -4.81. The first-order valence-corrected chi connectivity index (χ1v) is 10.0. The summed E-state index contributed by atoms with van der Waals surface area (Å²) >= 11 is 0. The van der Waals surface area contributed by atoms with Crippen LogP contribution in [0.4, 0.5) is 13.2 Å². The Hall–Kier alpha value is -2.07. The van der Waals surface area contributed by atoms with E-state index in [1.165, 1.54) is 25.1 Å². The van der Waals surface area contributed by atoms with E-state index in [4.69, 9.17) is 0 Å². The van der Waals surface area contributed by atoms with E-state index in [1.807, 2.05) is 0 Å². The van der Waals surface area contributed by atoms with Crippen molar-refractivity contribution in [1.29, 1.82) is 0 Å². The van der Waals surface area contributed by atoms with Crippen molar-refractivity contribution in [2.75, 3.05) is 6.26 Å². The van der Waals surface area contributed by atoms with E-state index in [-0.39, 0.29) is 10.5 Å². The maximum atomic E-state index is 13.0. The third kappa shape index (κ3) is 4.31. The molecule has 136 valence electrons. The monoisotopic (exact) mass is 394 g/mol. The van der Waals surface area contributed by atoms with Crippen LogP contribution in [0.25, 0.3) is 0 Å². The van der Waals surface area contributed by atoms with Gasteiger partial charge in [0.1, 0.15) is 4.90 Å². The zero-order chi connectivity index (χ0) is 19.0. The van der Waals surface area contributed by atoms with Gasteiger partial charge in [0, 0.05) is 6.26 Å². The Labute approximate surface area is 143 Å². The van der Waals surface area contributed by atoms with Crippen molar-refractivity contribution >= 4 is 20.0 Å². The van der Waals surface area contributed by atoms with Crippen LogP contribution in [0.1, 0.15) is 11.1 Å².